The highest BCUT2D eigenvalue weighted by molar-refractivity contribution is 6.04. The van der Waals surface area contributed by atoms with Crippen molar-refractivity contribution in [2.45, 2.75) is 20.4 Å². The van der Waals surface area contributed by atoms with Crippen LogP contribution in [-0.4, -0.2) is 24.4 Å². The van der Waals surface area contributed by atoms with Crippen LogP contribution < -0.4 is 10.6 Å². The van der Waals surface area contributed by atoms with E-state index in [2.05, 4.69) is 10.6 Å². The number of nitrogens with one attached hydrogen (secondary N) is 2. The summed E-state index contributed by atoms with van der Waals surface area (Å²) < 4.78 is 5.15. The second-order valence-corrected chi connectivity index (χ2v) is 7.09. The number of benzene rings is 3. The average Bonchev–Trinajstić information content (AvgIpc) is 2.78. The molecule has 0 atom stereocenters. The molecule has 0 radical (unpaired) electrons. The van der Waals surface area contributed by atoms with E-state index in [-0.39, 0.29) is 5.91 Å². The van der Waals surface area contributed by atoms with E-state index < -0.39 is 18.5 Å². The number of carbonyl (C=O) groups is 3. The van der Waals surface area contributed by atoms with Gasteiger partial charge in [-0.05, 0) is 48.7 Å². The van der Waals surface area contributed by atoms with Crippen molar-refractivity contribution in [3.05, 3.63) is 101 Å². The number of rotatable bonds is 7. The summed E-state index contributed by atoms with van der Waals surface area (Å²) in [5, 5.41) is 5.48. The van der Waals surface area contributed by atoms with Gasteiger partial charge in [0.1, 0.15) is 0 Å². The third-order valence-electron chi connectivity index (χ3n) is 4.90. The summed E-state index contributed by atoms with van der Waals surface area (Å²) in [4.78, 5) is 37.2. The Labute approximate surface area is 181 Å². The molecule has 0 unspecified atom stereocenters. The van der Waals surface area contributed by atoms with E-state index >= 15 is 0 Å². The van der Waals surface area contributed by atoms with E-state index in [1.165, 1.54) is 0 Å². The standard InChI is InChI=1S/C25H24N2O4/c1-17-9-8-13-20(18(17)2)25(30)31-16-23(28)27-22-14-7-6-12-21(22)24(29)26-15-19-10-4-3-5-11-19/h3-14H,15-16H2,1-2H3,(H,26,29)(H,27,28). The molecule has 0 aromatic heterocycles. The fourth-order valence-corrected chi connectivity index (χ4v) is 3.03. The normalized spacial score (nSPS) is 10.3. The molecule has 6 nitrogen and oxygen atoms in total. The van der Waals surface area contributed by atoms with E-state index in [9.17, 15) is 14.4 Å². The van der Waals surface area contributed by atoms with Gasteiger partial charge in [0.15, 0.2) is 6.61 Å². The van der Waals surface area contributed by atoms with Crippen LogP contribution in [0.4, 0.5) is 5.69 Å². The monoisotopic (exact) mass is 416 g/mol. The molecule has 0 spiro atoms. The molecular formula is C25H24N2O4. The van der Waals surface area contributed by atoms with Crippen molar-refractivity contribution < 1.29 is 19.1 Å². The van der Waals surface area contributed by atoms with Gasteiger partial charge >= 0.3 is 5.97 Å². The first-order chi connectivity index (χ1) is 15.0. The van der Waals surface area contributed by atoms with Crippen LogP contribution in [0.15, 0.2) is 72.8 Å². The Hall–Kier alpha value is -3.93. The molecule has 3 aromatic rings. The van der Waals surface area contributed by atoms with Crippen molar-refractivity contribution in [2.24, 2.45) is 0 Å². The first-order valence-corrected chi connectivity index (χ1v) is 9.90. The number of carbonyl (C=O) groups excluding carboxylic acids is 3. The van der Waals surface area contributed by atoms with Gasteiger partial charge in [-0.3, -0.25) is 9.59 Å². The summed E-state index contributed by atoms with van der Waals surface area (Å²) in [7, 11) is 0. The Morgan fingerprint density at radius 2 is 1.48 bits per heavy atom. The fourth-order valence-electron chi connectivity index (χ4n) is 3.03. The van der Waals surface area contributed by atoms with Gasteiger partial charge < -0.3 is 15.4 Å². The zero-order valence-electron chi connectivity index (χ0n) is 17.5. The van der Waals surface area contributed by atoms with Crippen LogP contribution in [0.3, 0.4) is 0 Å². The van der Waals surface area contributed by atoms with E-state index in [1.54, 1.807) is 36.4 Å². The minimum absolute atomic E-state index is 0.313. The number of aryl methyl sites for hydroxylation is 1. The molecule has 158 valence electrons. The van der Waals surface area contributed by atoms with Gasteiger partial charge in [0.05, 0.1) is 16.8 Å². The molecule has 0 bridgehead atoms. The number of para-hydroxylation sites is 1. The highest BCUT2D eigenvalue weighted by atomic mass is 16.5. The van der Waals surface area contributed by atoms with E-state index in [4.69, 9.17) is 4.74 Å². The SMILES string of the molecule is Cc1cccc(C(=O)OCC(=O)Nc2ccccc2C(=O)NCc2ccccc2)c1C. The first-order valence-electron chi connectivity index (χ1n) is 9.90. The molecule has 0 aliphatic rings. The summed E-state index contributed by atoms with van der Waals surface area (Å²) in [6.45, 7) is 3.65. The predicted octanol–water partition coefficient (Wildman–Crippen LogP) is 4.03. The van der Waals surface area contributed by atoms with Crippen LogP contribution in [0.25, 0.3) is 0 Å². The molecule has 0 aliphatic heterocycles. The molecule has 0 saturated heterocycles. The molecule has 0 saturated carbocycles. The lowest BCUT2D eigenvalue weighted by Crippen LogP contribution is -2.26. The molecule has 3 rings (SSSR count). The smallest absolute Gasteiger partial charge is 0.338 e. The molecular weight excluding hydrogens is 392 g/mol. The molecule has 6 heteroatoms. The van der Waals surface area contributed by atoms with Gasteiger partial charge in [0.2, 0.25) is 0 Å². The van der Waals surface area contributed by atoms with Crippen molar-refractivity contribution in [1.82, 2.24) is 5.32 Å². The lowest BCUT2D eigenvalue weighted by atomic mass is 10.0. The minimum Gasteiger partial charge on any atom is -0.452 e. The maximum Gasteiger partial charge on any atom is 0.338 e. The van der Waals surface area contributed by atoms with Crippen molar-refractivity contribution in [2.75, 3.05) is 11.9 Å². The zero-order valence-corrected chi connectivity index (χ0v) is 17.5. The molecule has 0 aliphatic carbocycles. The van der Waals surface area contributed by atoms with Crippen LogP contribution in [0.1, 0.15) is 37.4 Å². The lowest BCUT2D eigenvalue weighted by molar-refractivity contribution is -0.119. The Bertz CT molecular complexity index is 1090. The highest BCUT2D eigenvalue weighted by Crippen LogP contribution is 2.16. The number of anilines is 1. The summed E-state index contributed by atoms with van der Waals surface area (Å²) in [5.41, 5.74) is 3.85. The lowest BCUT2D eigenvalue weighted by Gasteiger charge is -2.12. The van der Waals surface area contributed by atoms with Gasteiger partial charge in [0.25, 0.3) is 11.8 Å². The zero-order chi connectivity index (χ0) is 22.2. The Kier molecular flexibility index (Phi) is 7.17. The van der Waals surface area contributed by atoms with E-state index in [0.717, 1.165) is 16.7 Å². The van der Waals surface area contributed by atoms with Gasteiger partial charge in [-0.25, -0.2) is 4.79 Å². The number of hydrogen-bond acceptors (Lipinski definition) is 4. The predicted molar refractivity (Wildman–Crippen MR) is 119 cm³/mol. The van der Waals surface area contributed by atoms with Crippen molar-refractivity contribution >= 4 is 23.5 Å². The van der Waals surface area contributed by atoms with E-state index in [0.29, 0.717) is 23.4 Å². The second kappa shape index (κ2) is 10.2. The highest BCUT2D eigenvalue weighted by Gasteiger charge is 2.16. The van der Waals surface area contributed by atoms with Gasteiger partial charge in [-0.1, -0.05) is 54.6 Å². The van der Waals surface area contributed by atoms with Crippen molar-refractivity contribution in [1.29, 1.82) is 0 Å². The van der Waals surface area contributed by atoms with Crippen LogP contribution in [0.2, 0.25) is 0 Å². The Morgan fingerprint density at radius 3 is 2.26 bits per heavy atom. The number of ether oxygens (including phenoxy) is 1. The van der Waals surface area contributed by atoms with Crippen LogP contribution >= 0.6 is 0 Å². The quantitative estimate of drug-likeness (QED) is 0.570. The summed E-state index contributed by atoms with van der Waals surface area (Å²) >= 11 is 0. The topological polar surface area (TPSA) is 84.5 Å². The molecule has 2 amide bonds. The molecule has 31 heavy (non-hydrogen) atoms. The van der Waals surface area contributed by atoms with Crippen LogP contribution in [-0.2, 0) is 16.1 Å². The van der Waals surface area contributed by atoms with Crippen molar-refractivity contribution in [3.63, 3.8) is 0 Å². The van der Waals surface area contributed by atoms with Crippen molar-refractivity contribution in [3.8, 4) is 0 Å². The Balaban J connectivity index is 1.59. The summed E-state index contributed by atoms with van der Waals surface area (Å²) in [6.07, 6.45) is 0. The van der Waals surface area contributed by atoms with Crippen LogP contribution in [0, 0.1) is 13.8 Å². The third-order valence-corrected chi connectivity index (χ3v) is 4.90. The number of hydrogen-bond donors (Lipinski definition) is 2. The number of amides is 2. The largest absolute Gasteiger partial charge is 0.452 e. The maximum atomic E-state index is 12.6. The second-order valence-electron chi connectivity index (χ2n) is 7.09. The van der Waals surface area contributed by atoms with E-state index in [1.807, 2.05) is 50.2 Å². The van der Waals surface area contributed by atoms with Crippen LogP contribution in [0.5, 0.6) is 0 Å². The molecule has 0 heterocycles. The molecule has 2 N–H and O–H groups in total. The average molecular weight is 416 g/mol. The third kappa shape index (κ3) is 5.79. The van der Waals surface area contributed by atoms with Gasteiger partial charge in [-0.2, -0.15) is 0 Å². The first kappa shape index (κ1) is 21.8. The maximum absolute atomic E-state index is 12.6. The summed E-state index contributed by atoms with van der Waals surface area (Å²) in [5.74, 6) is -1.40. The fraction of sp³-hybridized carbons (Fsp3) is 0.160. The molecule has 3 aromatic carbocycles. The summed E-state index contributed by atoms with van der Waals surface area (Å²) in [6, 6.07) is 21.5. The Morgan fingerprint density at radius 1 is 0.806 bits per heavy atom. The van der Waals surface area contributed by atoms with Gasteiger partial charge in [-0.15, -0.1) is 0 Å². The molecule has 0 fully saturated rings. The van der Waals surface area contributed by atoms with Gasteiger partial charge in [0, 0.05) is 6.54 Å². The number of esters is 1. The minimum atomic E-state index is -0.565.